The zero-order valence-electron chi connectivity index (χ0n) is 20.0. The van der Waals surface area contributed by atoms with E-state index in [2.05, 4.69) is 61.5 Å². The topological polar surface area (TPSA) is 44.8 Å². The molecule has 5 rings (SSSR count). The van der Waals surface area contributed by atoms with Crippen molar-refractivity contribution in [3.8, 4) is 0 Å². The zero-order valence-corrected chi connectivity index (χ0v) is 22.1. The van der Waals surface area contributed by atoms with Crippen molar-refractivity contribution in [3.63, 3.8) is 0 Å². The summed E-state index contributed by atoms with van der Waals surface area (Å²) in [7, 11) is 0. The number of amides is 1. The van der Waals surface area contributed by atoms with Gasteiger partial charge in [0.05, 0.1) is 22.9 Å². The highest BCUT2D eigenvalue weighted by molar-refractivity contribution is 14.1. The first-order valence-electron chi connectivity index (χ1n) is 12.5. The molecule has 0 bridgehead atoms. The number of rotatable bonds is 7. The average Bonchev–Trinajstić information content (AvgIpc) is 3.38. The number of fused-ring (bicyclic) bond motifs is 1. The summed E-state index contributed by atoms with van der Waals surface area (Å²) in [6.45, 7) is 9.14. The Labute approximate surface area is 217 Å². The second-order valence-corrected chi connectivity index (χ2v) is 11.5. The molecule has 2 heterocycles. The lowest BCUT2D eigenvalue weighted by molar-refractivity contribution is -0.120. The van der Waals surface area contributed by atoms with E-state index in [1.165, 1.54) is 48.9 Å². The quantitative estimate of drug-likeness (QED) is 0.185. The smallest absolute Gasteiger partial charge is 0.244 e. The van der Waals surface area contributed by atoms with Gasteiger partial charge in [-0.2, -0.15) is 0 Å². The standard InChI is InChI=1S/C28H34IN3O2/c1-20(16-21(2)31-14-13-28(19-31)11-3-4-12-28)27(22-7-8-22)32(29)18-26(33)30-24-9-10-25-23(17-24)6-5-15-34-25/h6,9-10,15-17,23,25H,2-4,7-8,11-14,18-19H2,1H3,(H,30,33)/b20-16-. The molecule has 2 aliphatic heterocycles. The van der Waals surface area contributed by atoms with E-state index < -0.39 is 0 Å². The summed E-state index contributed by atoms with van der Waals surface area (Å²) in [5.74, 6) is 0.0865. The van der Waals surface area contributed by atoms with Gasteiger partial charge in [0.25, 0.3) is 0 Å². The van der Waals surface area contributed by atoms with Crippen LogP contribution in [0.25, 0.3) is 0 Å². The van der Waals surface area contributed by atoms with Crippen molar-refractivity contribution in [3.05, 3.63) is 77.2 Å². The number of hydrogen-bond donors (Lipinski definition) is 1. The molecule has 5 nitrogen and oxygen atoms in total. The van der Waals surface area contributed by atoms with Crippen LogP contribution in [-0.4, -0.2) is 39.7 Å². The van der Waals surface area contributed by atoms with Crippen LogP contribution in [0.3, 0.4) is 0 Å². The first-order chi connectivity index (χ1) is 16.4. The summed E-state index contributed by atoms with van der Waals surface area (Å²) in [4.78, 5) is 15.3. The average molecular weight is 572 g/mol. The van der Waals surface area contributed by atoms with Gasteiger partial charge in [0.2, 0.25) is 5.91 Å². The molecule has 180 valence electrons. The first-order valence-corrected chi connectivity index (χ1v) is 13.4. The van der Waals surface area contributed by atoms with E-state index in [0.29, 0.717) is 12.0 Å². The summed E-state index contributed by atoms with van der Waals surface area (Å²) in [5, 5.41) is 3.06. The molecule has 0 radical (unpaired) electrons. The van der Waals surface area contributed by atoms with E-state index in [0.717, 1.165) is 37.3 Å². The fraction of sp³-hybridized carbons (Fsp3) is 0.500. The number of nitrogens with zero attached hydrogens (tertiary/aromatic N) is 2. The number of carbonyl (C=O) groups excluding carboxylic acids is 1. The number of allylic oxidation sites excluding steroid dienone is 4. The normalized spacial score (nSPS) is 26.3. The van der Waals surface area contributed by atoms with Crippen molar-refractivity contribution in [2.75, 3.05) is 19.6 Å². The van der Waals surface area contributed by atoms with Crippen molar-refractivity contribution in [2.45, 2.75) is 58.0 Å². The van der Waals surface area contributed by atoms with Gasteiger partial charge in [0.15, 0.2) is 0 Å². The van der Waals surface area contributed by atoms with Crippen LogP contribution in [0.1, 0.15) is 51.9 Å². The van der Waals surface area contributed by atoms with E-state index in [1.807, 2.05) is 24.3 Å². The van der Waals surface area contributed by atoms with Crippen LogP contribution in [0.2, 0.25) is 0 Å². The van der Waals surface area contributed by atoms with Gasteiger partial charge in [0, 0.05) is 36.1 Å². The third kappa shape index (κ3) is 5.23. The van der Waals surface area contributed by atoms with E-state index in [9.17, 15) is 4.79 Å². The maximum absolute atomic E-state index is 12.9. The molecule has 2 atom stereocenters. The third-order valence-electron chi connectivity index (χ3n) is 7.71. The third-order valence-corrected chi connectivity index (χ3v) is 8.53. The van der Waals surface area contributed by atoms with Gasteiger partial charge in [-0.15, -0.1) is 0 Å². The van der Waals surface area contributed by atoms with Crippen LogP contribution in [0.5, 0.6) is 0 Å². The van der Waals surface area contributed by atoms with Gasteiger partial charge >= 0.3 is 0 Å². The van der Waals surface area contributed by atoms with Crippen LogP contribution in [0.15, 0.2) is 77.2 Å². The number of nitrogens with one attached hydrogen (secondary N) is 1. The second kappa shape index (κ2) is 9.82. The molecular formula is C28H34IN3O2. The molecule has 0 aromatic carbocycles. The summed E-state index contributed by atoms with van der Waals surface area (Å²) < 4.78 is 7.61. The fourth-order valence-corrected chi connectivity index (χ4v) is 6.82. The van der Waals surface area contributed by atoms with E-state index >= 15 is 0 Å². The minimum atomic E-state index is -0.0203. The molecule has 3 fully saturated rings. The Hall–Kier alpha value is -2.18. The van der Waals surface area contributed by atoms with Crippen molar-refractivity contribution in [1.29, 1.82) is 0 Å². The second-order valence-electron chi connectivity index (χ2n) is 10.3. The number of halogens is 1. The number of ether oxygens (including phenoxy) is 1. The Bertz CT molecular complexity index is 1050. The predicted octanol–water partition coefficient (Wildman–Crippen LogP) is 5.67. The Morgan fingerprint density at radius 2 is 2.18 bits per heavy atom. The van der Waals surface area contributed by atoms with Crippen LogP contribution in [0, 0.1) is 11.3 Å². The SMILES string of the molecule is C=C(/C=C(/C)C(=C1CC1)N(I)CC(=O)NC1=CC2C=C=COC2C=C1)N1CCC2(CCCC2)C1. The Morgan fingerprint density at radius 1 is 1.38 bits per heavy atom. The lowest BCUT2D eigenvalue weighted by Crippen LogP contribution is -2.33. The molecular weight excluding hydrogens is 537 g/mol. The minimum Gasteiger partial charge on any atom is -0.485 e. The summed E-state index contributed by atoms with van der Waals surface area (Å²) in [6, 6.07) is 0. The molecule has 5 aliphatic rings. The van der Waals surface area contributed by atoms with Gasteiger partial charge in [-0.1, -0.05) is 25.2 Å². The van der Waals surface area contributed by atoms with Crippen LogP contribution < -0.4 is 5.32 Å². The monoisotopic (exact) mass is 571 g/mol. The lowest BCUT2D eigenvalue weighted by atomic mass is 9.86. The molecule has 2 saturated carbocycles. The van der Waals surface area contributed by atoms with Gasteiger partial charge in [-0.25, -0.2) is 0 Å². The van der Waals surface area contributed by atoms with Gasteiger partial charge in [0.1, 0.15) is 18.9 Å². The van der Waals surface area contributed by atoms with Gasteiger partial charge in [-0.3, -0.25) is 4.79 Å². The highest BCUT2D eigenvalue weighted by Gasteiger charge is 2.40. The number of carbonyl (C=O) groups is 1. The fourth-order valence-electron chi connectivity index (χ4n) is 5.78. The van der Waals surface area contributed by atoms with Gasteiger partial charge in [-0.05, 0) is 86.0 Å². The Balaban J connectivity index is 1.20. The molecule has 0 aromatic rings. The first kappa shape index (κ1) is 23.6. The van der Waals surface area contributed by atoms with Crippen LogP contribution in [-0.2, 0) is 9.53 Å². The molecule has 34 heavy (non-hydrogen) atoms. The summed E-state index contributed by atoms with van der Waals surface area (Å²) in [5.41, 5.74) is 9.26. The Kier molecular flexibility index (Phi) is 6.81. The largest absolute Gasteiger partial charge is 0.485 e. The number of hydrogen-bond acceptors (Lipinski definition) is 4. The minimum absolute atomic E-state index is 0.00535. The van der Waals surface area contributed by atoms with Crippen LogP contribution >= 0.6 is 22.9 Å². The maximum atomic E-state index is 12.9. The van der Waals surface area contributed by atoms with Crippen molar-refractivity contribution >= 4 is 28.8 Å². The highest BCUT2D eigenvalue weighted by atomic mass is 127. The molecule has 1 saturated heterocycles. The molecule has 1 amide bonds. The molecule has 2 unspecified atom stereocenters. The maximum Gasteiger partial charge on any atom is 0.244 e. The van der Waals surface area contributed by atoms with Crippen molar-refractivity contribution in [1.82, 2.24) is 13.3 Å². The summed E-state index contributed by atoms with van der Waals surface area (Å²) in [6.07, 6.45) is 20.8. The molecule has 3 aliphatic carbocycles. The van der Waals surface area contributed by atoms with Crippen molar-refractivity contribution in [2.24, 2.45) is 11.3 Å². The molecule has 6 heteroatoms. The van der Waals surface area contributed by atoms with E-state index in [1.54, 1.807) is 6.26 Å². The van der Waals surface area contributed by atoms with E-state index in [4.69, 9.17) is 4.74 Å². The lowest BCUT2D eigenvalue weighted by Gasteiger charge is -2.26. The van der Waals surface area contributed by atoms with Crippen molar-refractivity contribution < 1.29 is 9.53 Å². The number of likely N-dealkylation sites (tertiary alicyclic amines) is 1. The molecule has 1 N–H and O–H groups in total. The summed E-state index contributed by atoms with van der Waals surface area (Å²) >= 11 is 2.29. The van der Waals surface area contributed by atoms with Crippen LogP contribution in [0.4, 0.5) is 0 Å². The molecule has 1 spiro atoms. The Morgan fingerprint density at radius 3 is 2.94 bits per heavy atom. The molecule has 0 aromatic heterocycles. The highest BCUT2D eigenvalue weighted by Crippen LogP contribution is 2.46. The van der Waals surface area contributed by atoms with Gasteiger partial charge < -0.3 is 18.1 Å². The van der Waals surface area contributed by atoms with E-state index in [-0.39, 0.29) is 17.9 Å². The zero-order chi connectivity index (χ0) is 23.7. The predicted molar refractivity (Wildman–Crippen MR) is 143 cm³/mol.